The Morgan fingerprint density at radius 1 is 0.850 bits per heavy atom. The van der Waals surface area contributed by atoms with Gasteiger partial charge in [0.05, 0.1) is 6.10 Å². The normalized spacial score (nSPS) is 58.6. The molecule has 7 atom stereocenters. The van der Waals surface area contributed by atoms with Crippen molar-refractivity contribution in [1.29, 1.82) is 0 Å². The Balaban J connectivity index is 1.69. The quantitative estimate of drug-likeness (QED) is 0.675. The molecule has 0 unspecified atom stereocenters. The van der Waals surface area contributed by atoms with E-state index in [1.165, 1.54) is 57.8 Å². The average Bonchev–Trinajstić information content (AvgIpc) is 2.81. The summed E-state index contributed by atoms with van der Waals surface area (Å²) >= 11 is 0. The fourth-order valence-corrected chi connectivity index (χ4v) is 7.25. The second-order valence-corrected chi connectivity index (χ2v) is 9.13. The van der Waals surface area contributed by atoms with E-state index in [1.54, 1.807) is 0 Å². The van der Waals surface area contributed by atoms with E-state index < -0.39 is 0 Å². The van der Waals surface area contributed by atoms with Crippen LogP contribution in [-0.2, 0) is 0 Å². The molecule has 0 radical (unpaired) electrons. The zero-order valence-corrected chi connectivity index (χ0v) is 13.4. The Kier molecular flexibility index (Phi) is 3.05. The van der Waals surface area contributed by atoms with Gasteiger partial charge in [-0.25, -0.2) is 0 Å². The lowest BCUT2D eigenvalue weighted by Crippen LogP contribution is -2.56. The first-order valence-corrected chi connectivity index (χ1v) is 9.23. The number of hydrogen-bond donors (Lipinski definition) is 1. The van der Waals surface area contributed by atoms with Gasteiger partial charge in [0.1, 0.15) is 0 Å². The Hall–Kier alpha value is -0.0400. The minimum atomic E-state index is 0.0129. The van der Waals surface area contributed by atoms with Crippen molar-refractivity contribution in [3.05, 3.63) is 0 Å². The molecular formula is C19H32O. The topological polar surface area (TPSA) is 20.2 Å². The molecule has 1 heteroatoms. The molecule has 0 aromatic carbocycles. The summed E-state index contributed by atoms with van der Waals surface area (Å²) in [5, 5.41) is 10.9. The Morgan fingerprint density at radius 2 is 1.70 bits per heavy atom. The highest BCUT2D eigenvalue weighted by Crippen LogP contribution is 2.66. The molecule has 0 aromatic heterocycles. The monoisotopic (exact) mass is 276 g/mol. The van der Waals surface area contributed by atoms with Crippen LogP contribution in [0, 0.1) is 34.5 Å². The molecular weight excluding hydrogens is 244 g/mol. The van der Waals surface area contributed by atoms with Crippen molar-refractivity contribution in [3.8, 4) is 0 Å². The molecule has 0 aliphatic heterocycles. The predicted octanol–water partition coefficient (Wildman–Crippen LogP) is 4.78. The van der Waals surface area contributed by atoms with Gasteiger partial charge in [-0.2, -0.15) is 0 Å². The highest BCUT2D eigenvalue weighted by Gasteiger charge is 2.59. The average molecular weight is 276 g/mol. The summed E-state index contributed by atoms with van der Waals surface area (Å²) in [7, 11) is 0. The molecule has 0 bridgehead atoms. The summed E-state index contributed by atoms with van der Waals surface area (Å²) in [6.45, 7) is 5.13. The molecule has 114 valence electrons. The number of aliphatic hydroxyl groups is 1. The van der Waals surface area contributed by atoms with E-state index in [4.69, 9.17) is 0 Å². The zero-order valence-electron chi connectivity index (χ0n) is 13.4. The molecule has 20 heavy (non-hydrogen) atoms. The molecule has 0 heterocycles. The van der Waals surface area contributed by atoms with Crippen LogP contribution in [0.5, 0.6) is 0 Å². The molecule has 4 rings (SSSR count). The predicted molar refractivity (Wildman–Crippen MR) is 82.4 cm³/mol. The van der Waals surface area contributed by atoms with Gasteiger partial charge in [-0.05, 0) is 79.4 Å². The van der Waals surface area contributed by atoms with Crippen molar-refractivity contribution in [3.63, 3.8) is 0 Å². The maximum atomic E-state index is 10.9. The smallest absolute Gasteiger partial charge is 0.0577 e. The van der Waals surface area contributed by atoms with Crippen LogP contribution < -0.4 is 0 Å². The van der Waals surface area contributed by atoms with Crippen LogP contribution in [0.1, 0.15) is 78.1 Å². The van der Waals surface area contributed by atoms with E-state index in [9.17, 15) is 5.11 Å². The van der Waals surface area contributed by atoms with Crippen molar-refractivity contribution in [2.45, 2.75) is 84.2 Å². The van der Waals surface area contributed by atoms with Crippen molar-refractivity contribution >= 4 is 0 Å². The third kappa shape index (κ3) is 1.71. The molecule has 0 saturated heterocycles. The molecule has 1 nitrogen and oxygen atoms in total. The number of rotatable bonds is 0. The van der Waals surface area contributed by atoms with Crippen LogP contribution >= 0.6 is 0 Å². The van der Waals surface area contributed by atoms with Crippen molar-refractivity contribution in [1.82, 2.24) is 0 Å². The van der Waals surface area contributed by atoms with Gasteiger partial charge in [0, 0.05) is 0 Å². The van der Waals surface area contributed by atoms with Gasteiger partial charge >= 0.3 is 0 Å². The van der Waals surface area contributed by atoms with E-state index in [2.05, 4.69) is 13.8 Å². The van der Waals surface area contributed by atoms with E-state index >= 15 is 0 Å². The lowest BCUT2D eigenvalue weighted by molar-refractivity contribution is -0.157. The standard InChI is InChI=1S/C19H32O/c1-18-9-5-7-14(18)17-15(8-11-18)19(2)10-4-3-6-13(19)12-16(17)20/h13-17,20H,3-12H2,1-2H3/t13-,14+,15+,16-,17+,18+,19+/m1/s1. The molecule has 0 spiro atoms. The van der Waals surface area contributed by atoms with Crippen LogP contribution in [0.4, 0.5) is 0 Å². The van der Waals surface area contributed by atoms with Crippen molar-refractivity contribution in [2.24, 2.45) is 34.5 Å². The Bertz CT molecular complexity index is 391. The lowest BCUT2D eigenvalue weighted by Gasteiger charge is -2.61. The molecule has 4 aliphatic carbocycles. The lowest BCUT2D eigenvalue weighted by atomic mass is 9.45. The second kappa shape index (κ2) is 4.48. The first-order valence-electron chi connectivity index (χ1n) is 9.23. The van der Waals surface area contributed by atoms with Crippen LogP contribution in [-0.4, -0.2) is 11.2 Å². The van der Waals surface area contributed by atoms with E-state index in [-0.39, 0.29) is 6.10 Å². The van der Waals surface area contributed by atoms with Crippen LogP contribution in [0.2, 0.25) is 0 Å². The van der Waals surface area contributed by atoms with E-state index in [1.807, 2.05) is 0 Å². The number of aliphatic hydroxyl groups excluding tert-OH is 1. The Morgan fingerprint density at radius 3 is 2.55 bits per heavy atom. The molecule has 4 saturated carbocycles. The number of hydrogen-bond acceptors (Lipinski definition) is 1. The second-order valence-electron chi connectivity index (χ2n) is 9.13. The molecule has 4 aliphatic rings. The SMILES string of the molecule is C[C@@]12CCC[C@H]1[C@@H]1[C@H](O)C[C@H]3CCCC[C@]3(C)[C@H]1CC2. The molecule has 4 fully saturated rings. The summed E-state index contributed by atoms with van der Waals surface area (Å²) in [5.74, 6) is 3.11. The number of fused-ring (bicyclic) bond motifs is 5. The summed E-state index contributed by atoms with van der Waals surface area (Å²) in [6, 6.07) is 0. The van der Waals surface area contributed by atoms with Gasteiger partial charge in [0.25, 0.3) is 0 Å². The van der Waals surface area contributed by atoms with Gasteiger partial charge in [-0.3, -0.25) is 0 Å². The van der Waals surface area contributed by atoms with Gasteiger partial charge in [-0.1, -0.05) is 33.1 Å². The van der Waals surface area contributed by atoms with Gasteiger partial charge < -0.3 is 5.11 Å². The molecule has 0 aromatic rings. The summed E-state index contributed by atoms with van der Waals surface area (Å²) < 4.78 is 0. The summed E-state index contributed by atoms with van der Waals surface area (Å²) in [4.78, 5) is 0. The molecule has 0 amide bonds. The largest absolute Gasteiger partial charge is 0.393 e. The zero-order chi connectivity index (χ0) is 14.0. The van der Waals surface area contributed by atoms with Crippen LogP contribution in [0.3, 0.4) is 0 Å². The van der Waals surface area contributed by atoms with E-state index in [0.29, 0.717) is 16.7 Å². The van der Waals surface area contributed by atoms with Crippen molar-refractivity contribution < 1.29 is 5.11 Å². The Labute approximate surface area is 124 Å². The van der Waals surface area contributed by atoms with Gasteiger partial charge in [0.15, 0.2) is 0 Å². The van der Waals surface area contributed by atoms with Crippen LogP contribution in [0.25, 0.3) is 0 Å². The first kappa shape index (κ1) is 13.6. The van der Waals surface area contributed by atoms with E-state index in [0.717, 1.165) is 24.2 Å². The van der Waals surface area contributed by atoms with Crippen LogP contribution in [0.15, 0.2) is 0 Å². The summed E-state index contributed by atoms with van der Waals surface area (Å²) in [6.07, 6.45) is 13.9. The first-order chi connectivity index (χ1) is 9.55. The molecule has 1 N–H and O–H groups in total. The summed E-state index contributed by atoms with van der Waals surface area (Å²) in [5.41, 5.74) is 1.13. The van der Waals surface area contributed by atoms with Gasteiger partial charge in [0.2, 0.25) is 0 Å². The highest BCUT2D eigenvalue weighted by molar-refractivity contribution is 5.09. The fourth-order valence-electron chi connectivity index (χ4n) is 7.25. The fraction of sp³-hybridized carbons (Fsp3) is 1.00. The van der Waals surface area contributed by atoms with Crippen molar-refractivity contribution in [2.75, 3.05) is 0 Å². The highest BCUT2D eigenvalue weighted by atomic mass is 16.3. The minimum absolute atomic E-state index is 0.0129. The van der Waals surface area contributed by atoms with Gasteiger partial charge in [-0.15, -0.1) is 0 Å². The third-order valence-electron chi connectivity index (χ3n) is 8.38. The maximum Gasteiger partial charge on any atom is 0.0577 e. The third-order valence-corrected chi connectivity index (χ3v) is 8.38. The maximum absolute atomic E-state index is 10.9. The minimum Gasteiger partial charge on any atom is -0.393 e.